The lowest BCUT2D eigenvalue weighted by atomic mass is 9.67. The van der Waals surface area contributed by atoms with Gasteiger partial charge in [-0.1, -0.05) is 267 Å². The van der Waals surface area contributed by atoms with Gasteiger partial charge < -0.3 is 0 Å². The van der Waals surface area contributed by atoms with E-state index in [0.717, 1.165) is 78.3 Å². The van der Waals surface area contributed by atoms with Crippen molar-refractivity contribution >= 4 is 11.0 Å². The topological polar surface area (TPSA) is 51.6 Å². The fourth-order valence-electron chi connectivity index (χ4n) is 13.9. The van der Waals surface area contributed by atoms with Crippen molar-refractivity contribution in [2.75, 3.05) is 0 Å². The molecule has 4 heteroatoms. The summed E-state index contributed by atoms with van der Waals surface area (Å²) < 4.78 is 0. The maximum atomic E-state index is 5.99. The molecule has 0 amide bonds. The van der Waals surface area contributed by atoms with E-state index in [2.05, 4.69) is 267 Å². The van der Waals surface area contributed by atoms with Gasteiger partial charge in [0.15, 0.2) is 0 Å². The molecule has 2 aliphatic rings. The molecule has 0 radical (unpaired) electrons. The molecule has 3 heterocycles. The fraction of sp³-hybridized carbons (Fsp3) is 0.0250. The average Bonchev–Trinajstić information content (AvgIpc) is 1.79. The zero-order chi connectivity index (χ0) is 55.6. The minimum Gasteiger partial charge on any atom is -0.256 e. The lowest BCUT2D eigenvalue weighted by Gasteiger charge is -2.34. The molecule has 0 atom stereocenters. The van der Waals surface area contributed by atoms with Gasteiger partial charge in [0.25, 0.3) is 0 Å². The van der Waals surface area contributed by atoms with E-state index in [1.807, 2.05) is 48.8 Å². The second-order valence-corrected chi connectivity index (χ2v) is 21.9. The minimum absolute atomic E-state index is 0.590. The highest BCUT2D eigenvalue weighted by Crippen LogP contribution is 2.59. The van der Waals surface area contributed by atoms with Gasteiger partial charge in [0.2, 0.25) is 0 Å². The molecule has 11 aromatic carbocycles. The van der Waals surface area contributed by atoms with E-state index < -0.39 is 10.8 Å². The zero-order valence-corrected chi connectivity index (χ0v) is 45.8. The summed E-state index contributed by atoms with van der Waals surface area (Å²) in [7, 11) is 0. The first-order chi connectivity index (χ1) is 41.7. The second-order valence-electron chi connectivity index (χ2n) is 21.9. The van der Waals surface area contributed by atoms with Crippen molar-refractivity contribution in [1.29, 1.82) is 0 Å². The molecular formula is C80H52N4. The smallest absolute Gasteiger partial charge is 0.0979 e. The normalized spacial score (nSPS) is 13.2. The molecule has 84 heavy (non-hydrogen) atoms. The molecular weight excluding hydrogens is 1020 g/mol. The predicted octanol–water partition coefficient (Wildman–Crippen LogP) is 19.1. The molecule has 14 aromatic rings. The van der Waals surface area contributed by atoms with Crippen LogP contribution >= 0.6 is 0 Å². The van der Waals surface area contributed by atoms with Crippen molar-refractivity contribution in [2.45, 2.75) is 10.8 Å². The molecule has 2 aliphatic carbocycles. The third-order valence-electron chi connectivity index (χ3n) is 17.6. The van der Waals surface area contributed by atoms with E-state index in [-0.39, 0.29) is 0 Å². The summed E-state index contributed by atoms with van der Waals surface area (Å²) in [5.41, 5.74) is 26.7. The summed E-state index contributed by atoms with van der Waals surface area (Å²) in [6, 6.07) is 110. The Bertz CT molecular complexity index is 4390. The SMILES string of the molecule is c1ccc(C2(c3ccccc3)c3ccccc3-c3ccc(-c4ccc(-c5ccc6c(c5)C(c5ccccc5)(c5ccccc5)c5ccccc5-6)c5nc(-c6ccc(-c7ccccn7)cc6)c(-c6ccc(-c7ccccn7)cc6)nc45)cc32)cc1. The van der Waals surface area contributed by atoms with Gasteiger partial charge in [-0.25, -0.2) is 9.97 Å². The summed E-state index contributed by atoms with van der Waals surface area (Å²) >= 11 is 0. The lowest BCUT2D eigenvalue weighted by molar-refractivity contribution is 0.769. The average molecular weight is 1070 g/mol. The van der Waals surface area contributed by atoms with E-state index >= 15 is 0 Å². The maximum absolute atomic E-state index is 5.99. The van der Waals surface area contributed by atoms with Crippen LogP contribution in [0.2, 0.25) is 0 Å². The van der Waals surface area contributed by atoms with Crippen LogP contribution in [0.25, 0.3) is 101 Å². The Morgan fingerprint density at radius 3 is 0.869 bits per heavy atom. The van der Waals surface area contributed by atoms with E-state index in [9.17, 15) is 0 Å². The van der Waals surface area contributed by atoms with E-state index in [4.69, 9.17) is 19.9 Å². The first kappa shape index (κ1) is 48.9. The van der Waals surface area contributed by atoms with Gasteiger partial charge in [-0.15, -0.1) is 0 Å². The molecule has 392 valence electrons. The molecule has 0 saturated heterocycles. The van der Waals surface area contributed by atoms with Crippen LogP contribution in [-0.4, -0.2) is 19.9 Å². The van der Waals surface area contributed by atoms with Crippen molar-refractivity contribution in [3.8, 4) is 89.5 Å². The van der Waals surface area contributed by atoms with E-state index in [0.29, 0.717) is 0 Å². The van der Waals surface area contributed by atoms with Gasteiger partial charge in [-0.3, -0.25) is 9.97 Å². The third-order valence-corrected chi connectivity index (χ3v) is 17.6. The molecule has 0 spiro atoms. The van der Waals surface area contributed by atoms with Gasteiger partial charge in [-0.05, 0) is 114 Å². The minimum atomic E-state index is -0.590. The first-order valence-electron chi connectivity index (χ1n) is 28.8. The molecule has 0 N–H and O–H groups in total. The number of hydrogen-bond donors (Lipinski definition) is 0. The van der Waals surface area contributed by atoms with Gasteiger partial charge in [-0.2, -0.15) is 0 Å². The molecule has 0 aliphatic heterocycles. The Labute approximate surface area is 488 Å². The molecule has 0 unspecified atom stereocenters. The highest BCUT2D eigenvalue weighted by Gasteiger charge is 2.48. The molecule has 16 rings (SSSR count). The van der Waals surface area contributed by atoms with E-state index in [1.54, 1.807) is 0 Å². The first-order valence-corrected chi connectivity index (χ1v) is 28.8. The fourth-order valence-corrected chi connectivity index (χ4v) is 13.9. The Morgan fingerprint density at radius 2 is 0.512 bits per heavy atom. The maximum Gasteiger partial charge on any atom is 0.0979 e. The highest BCUT2D eigenvalue weighted by molar-refractivity contribution is 6.04. The lowest BCUT2D eigenvalue weighted by Crippen LogP contribution is -2.28. The van der Waals surface area contributed by atoms with Crippen LogP contribution in [0, 0.1) is 0 Å². The highest BCUT2D eigenvalue weighted by atomic mass is 14.8. The van der Waals surface area contributed by atoms with Crippen molar-refractivity contribution in [2.24, 2.45) is 0 Å². The summed E-state index contributed by atoms with van der Waals surface area (Å²) in [4.78, 5) is 21.4. The number of rotatable bonds is 10. The zero-order valence-electron chi connectivity index (χ0n) is 45.8. The van der Waals surface area contributed by atoms with Gasteiger partial charge in [0.05, 0.1) is 44.6 Å². The van der Waals surface area contributed by atoms with Crippen molar-refractivity contribution in [3.05, 3.63) is 360 Å². The van der Waals surface area contributed by atoms with Crippen LogP contribution in [0.1, 0.15) is 44.5 Å². The van der Waals surface area contributed by atoms with Gasteiger partial charge in [0, 0.05) is 45.8 Å². The third kappa shape index (κ3) is 7.61. The van der Waals surface area contributed by atoms with E-state index in [1.165, 1.54) is 66.8 Å². The Balaban J connectivity index is 0.977. The number of benzene rings is 11. The Hall–Kier alpha value is -10.9. The van der Waals surface area contributed by atoms with Crippen LogP contribution in [0.4, 0.5) is 0 Å². The number of pyridine rings is 2. The van der Waals surface area contributed by atoms with Gasteiger partial charge >= 0.3 is 0 Å². The van der Waals surface area contributed by atoms with Crippen molar-refractivity contribution in [3.63, 3.8) is 0 Å². The number of aromatic nitrogens is 4. The number of nitrogens with zero attached hydrogens (tertiary/aromatic N) is 4. The molecule has 4 nitrogen and oxygen atoms in total. The van der Waals surface area contributed by atoms with Gasteiger partial charge in [0.1, 0.15) is 0 Å². The second kappa shape index (κ2) is 19.9. The van der Waals surface area contributed by atoms with Crippen LogP contribution in [0.5, 0.6) is 0 Å². The summed E-state index contributed by atoms with van der Waals surface area (Å²) in [5.74, 6) is 0. The summed E-state index contributed by atoms with van der Waals surface area (Å²) in [5, 5.41) is 0. The Kier molecular flexibility index (Phi) is 11.6. The summed E-state index contributed by atoms with van der Waals surface area (Å²) in [6.07, 6.45) is 3.68. The number of fused-ring (bicyclic) bond motifs is 7. The Morgan fingerprint density at radius 1 is 0.214 bits per heavy atom. The van der Waals surface area contributed by atoms with Crippen LogP contribution < -0.4 is 0 Å². The van der Waals surface area contributed by atoms with Crippen LogP contribution in [0.3, 0.4) is 0 Å². The van der Waals surface area contributed by atoms with Crippen LogP contribution in [-0.2, 0) is 10.8 Å². The van der Waals surface area contributed by atoms with Crippen LogP contribution in [0.15, 0.2) is 316 Å². The predicted molar refractivity (Wildman–Crippen MR) is 342 cm³/mol. The molecule has 0 fully saturated rings. The quantitative estimate of drug-likeness (QED) is 0.137. The van der Waals surface area contributed by atoms with Crippen molar-refractivity contribution in [1.82, 2.24) is 19.9 Å². The number of hydrogen-bond acceptors (Lipinski definition) is 4. The monoisotopic (exact) mass is 1070 g/mol. The molecule has 0 saturated carbocycles. The molecule has 0 bridgehead atoms. The van der Waals surface area contributed by atoms with Crippen molar-refractivity contribution < 1.29 is 0 Å². The molecule has 3 aromatic heterocycles. The standard InChI is InChI=1S/C80H52N4/c1-5-21-59(22-6-1)79(60-23-7-2-8-24-60)69-31-15-13-29-65(69)67-45-43-57(51-71(67)79)63-47-48-64(58-44-46-68-66-30-14-16-32-70(66)80(72(68)52-58,61-25-9-3-10-26-61)62-27-11-4-12-28-62)78-77(63)83-75(55-39-35-53(36-40-55)73-33-17-19-49-81-73)76(84-78)56-41-37-54(38-42-56)74-34-18-20-50-82-74/h1-52H. The summed E-state index contributed by atoms with van der Waals surface area (Å²) in [6.45, 7) is 0. The largest absolute Gasteiger partial charge is 0.256 e.